The van der Waals surface area contributed by atoms with Gasteiger partial charge < -0.3 is 9.47 Å². The lowest BCUT2D eigenvalue weighted by Gasteiger charge is -2.13. The molecule has 0 fully saturated rings. The molecule has 0 bridgehead atoms. The minimum absolute atomic E-state index is 0.310. The molecule has 1 atom stereocenters. The van der Waals surface area contributed by atoms with Gasteiger partial charge in [-0.05, 0) is 67.9 Å². The third-order valence-corrected chi connectivity index (χ3v) is 5.16. The van der Waals surface area contributed by atoms with Crippen molar-refractivity contribution < 1.29 is 19.1 Å². The van der Waals surface area contributed by atoms with E-state index in [2.05, 4.69) is 26.5 Å². The van der Waals surface area contributed by atoms with Crippen LogP contribution >= 0.6 is 27.5 Å². The third-order valence-electron chi connectivity index (χ3n) is 4.41. The zero-order chi connectivity index (χ0) is 23.1. The number of ether oxygens (including phenoxy) is 2. The Morgan fingerprint density at radius 2 is 1.81 bits per heavy atom. The summed E-state index contributed by atoms with van der Waals surface area (Å²) in [6.45, 7) is 3.44. The molecule has 6 nitrogen and oxygen atoms in total. The highest BCUT2D eigenvalue weighted by Crippen LogP contribution is 2.23. The van der Waals surface area contributed by atoms with E-state index >= 15 is 0 Å². The molecule has 3 aromatic rings. The summed E-state index contributed by atoms with van der Waals surface area (Å²) in [6, 6.07) is 19.0. The van der Waals surface area contributed by atoms with Crippen molar-refractivity contribution in [3.05, 3.63) is 92.9 Å². The highest BCUT2D eigenvalue weighted by atomic mass is 79.9. The van der Waals surface area contributed by atoms with Gasteiger partial charge >= 0.3 is 5.97 Å². The summed E-state index contributed by atoms with van der Waals surface area (Å²) in [7, 11) is 0. The molecular formula is C24H20BrClN2O4. The molecule has 164 valence electrons. The Morgan fingerprint density at radius 3 is 2.53 bits per heavy atom. The maximum absolute atomic E-state index is 12.6. The molecule has 0 unspecified atom stereocenters. The quantitative estimate of drug-likeness (QED) is 0.194. The van der Waals surface area contributed by atoms with Crippen LogP contribution in [0.3, 0.4) is 0 Å². The van der Waals surface area contributed by atoms with Gasteiger partial charge in [-0.15, -0.1) is 0 Å². The number of carbonyl (C=O) groups excluding carboxylic acids is 2. The molecular weight excluding hydrogens is 496 g/mol. The summed E-state index contributed by atoms with van der Waals surface area (Å²) in [4.78, 5) is 24.9. The lowest BCUT2D eigenvalue weighted by Crippen LogP contribution is -2.33. The molecule has 0 radical (unpaired) electrons. The molecule has 0 heterocycles. The zero-order valence-corrected chi connectivity index (χ0v) is 19.7. The Labute approximate surface area is 199 Å². The second-order valence-electron chi connectivity index (χ2n) is 6.83. The molecule has 1 N–H and O–H groups in total. The monoisotopic (exact) mass is 514 g/mol. The fourth-order valence-corrected chi connectivity index (χ4v) is 3.20. The van der Waals surface area contributed by atoms with Gasteiger partial charge in [0.05, 0.1) is 11.8 Å². The summed E-state index contributed by atoms with van der Waals surface area (Å²) in [5.74, 6) is -0.0953. The number of rotatable bonds is 7. The predicted molar refractivity (Wildman–Crippen MR) is 128 cm³/mol. The van der Waals surface area contributed by atoms with Gasteiger partial charge in [0.1, 0.15) is 11.5 Å². The lowest BCUT2D eigenvalue weighted by atomic mass is 10.1. The first-order valence-corrected chi connectivity index (χ1v) is 10.8. The molecule has 1 amide bonds. The predicted octanol–water partition coefficient (Wildman–Crippen LogP) is 5.55. The molecule has 3 aromatic carbocycles. The van der Waals surface area contributed by atoms with E-state index in [1.807, 2.05) is 19.1 Å². The maximum Gasteiger partial charge on any atom is 0.343 e. The van der Waals surface area contributed by atoms with Crippen LogP contribution < -0.4 is 14.9 Å². The van der Waals surface area contributed by atoms with E-state index in [0.29, 0.717) is 27.6 Å². The second-order valence-corrected chi connectivity index (χ2v) is 8.19. The second kappa shape index (κ2) is 10.9. The van der Waals surface area contributed by atoms with E-state index in [1.165, 1.54) is 6.21 Å². The summed E-state index contributed by atoms with van der Waals surface area (Å²) < 4.78 is 11.9. The van der Waals surface area contributed by atoms with Crippen molar-refractivity contribution in [3.63, 3.8) is 0 Å². The Balaban J connectivity index is 1.66. The van der Waals surface area contributed by atoms with Gasteiger partial charge in [-0.2, -0.15) is 5.10 Å². The van der Waals surface area contributed by atoms with Crippen LogP contribution in [-0.4, -0.2) is 24.2 Å². The van der Waals surface area contributed by atoms with Crippen LogP contribution in [0.15, 0.2) is 76.3 Å². The molecule has 0 aliphatic carbocycles. The molecule has 32 heavy (non-hydrogen) atoms. The van der Waals surface area contributed by atoms with Gasteiger partial charge in [0.15, 0.2) is 6.10 Å². The summed E-state index contributed by atoms with van der Waals surface area (Å²) in [5.41, 5.74) is 4.22. The van der Waals surface area contributed by atoms with Crippen LogP contribution in [0.5, 0.6) is 11.5 Å². The van der Waals surface area contributed by atoms with Crippen molar-refractivity contribution in [3.8, 4) is 11.5 Å². The molecule has 0 aliphatic rings. The normalized spacial score (nSPS) is 11.8. The van der Waals surface area contributed by atoms with Crippen molar-refractivity contribution >= 4 is 45.6 Å². The summed E-state index contributed by atoms with van der Waals surface area (Å²) in [5, 5.41) is 4.56. The lowest BCUT2D eigenvalue weighted by molar-refractivity contribution is -0.127. The van der Waals surface area contributed by atoms with Crippen LogP contribution in [0.25, 0.3) is 0 Å². The largest absolute Gasteiger partial charge is 0.481 e. The van der Waals surface area contributed by atoms with Crippen LogP contribution in [0, 0.1) is 6.92 Å². The molecule has 0 aromatic heterocycles. The van der Waals surface area contributed by atoms with Gasteiger partial charge in [-0.25, -0.2) is 10.2 Å². The van der Waals surface area contributed by atoms with Crippen LogP contribution in [-0.2, 0) is 4.79 Å². The molecule has 0 spiro atoms. The van der Waals surface area contributed by atoms with Crippen LogP contribution in [0.4, 0.5) is 0 Å². The van der Waals surface area contributed by atoms with E-state index in [0.717, 1.165) is 10.0 Å². The van der Waals surface area contributed by atoms with Crippen LogP contribution in [0.2, 0.25) is 5.02 Å². The minimum atomic E-state index is -0.783. The number of nitrogens with one attached hydrogen (secondary N) is 1. The summed E-state index contributed by atoms with van der Waals surface area (Å²) >= 11 is 9.23. The number of benzene rings is 3. The van der Waals surface area contributed by atoms with Crippen LogP contribution in [0.1, 0.15) is 28.4 Å². The SMILES string of the molecule is Cc1ccccc1C(=O)Oc1ccc(Br)cc1/C=N\NC(=O)[C@@H](C)Oc1ccc(Cl)cc1. The number of aryl methyl sites for hydroxylation is 1. The van der Waals surface area contributed by atoms with Crippen molar-refractivity contribution in [1.29, 1.82) is 0 Å². The Bertz CT molecular complexity index is 1150. The van der Waals surface area contributed by atoms with E-state index in [-0.39, 0.29) is 0 Å². The van der Waals surface area contributed by atoms with Crippen molar-refractivity contribution in [2.75, 3.05) is 0 Å². The van der Waals surface area contributed by atoms with Crippen molar-refractivity contribution in [2.45, 2.75) is 20.0 Å². The smallest absolute Gasteiger partial charge is 0.343 e. The van der Waals surface area contributed by atoms with Gasteiger partial charge in [-0.3, -0.25) is 4.79 Å². The van der Waals surface area contributed by atoms with Crippen molar-refractivity contribution in [2.24, 2.45) is 5.10 Å². The first-order chi connectivity index (χ1) is 15.3. The van der Waals surface area contributed by atoms with Crippen molar-refractivity contribution in [1.82, 2.24) is 5.43 Å². The summed E-state index contributed by atoms with van der Waals surface area (Å²) in [6.07, 6.45) is 0.618. The number of hydrazone groups is 1. The number of amides is 1. The van der Waals surface area contributed by atoms with E-state index in [9.17, 15) is 9.59 Å². The average Bonchev–Trinajstić information content (AvgIpc) is 2.77. The average molecular weight is 516 g/mol. The minimum Gasteiger partial charge on any atom is -0.481 e. The standard InChI is InChI=1S/C24H20BrClN2O4/c1-15-5-3-4-6-21(15)24(30)32-22-12-7-18(25)13-17(22)14-27-28-23(29)16(2)31-20-10-8-19(26)9-11-20/h3-14,16H,1-2H3,(H,28,29)/b27-14-/t16-/m1/s1. The highest BCUT2D eigenvalue weighted by Gasteiger charge is 2.15. The highest BCUT2D eigenvalue weighted by molar-refractivity contribution is 9.10. The number of halogens is 2. The molecule has 0 saturated carbocycles. The van der Waals surface area contributed by atoms with Gasteiger partial charge in [0.2, 0.25) is 0 Å². The number of carbonyl (C=O) groups is 2. The fraction of sp³-hybridized carbons (Fsp3) is 0.125. The van der Waals surface area contributed by atoms with E-state index in [4.69, 9.17) is 21.1 Å². The number of esters is 1. The van der Waals surface area contributed by atoms with E-state index < -0.39 is 18.0 Å². The molecule has 0 aliphatic heterocycles. The third kappa shape index (κ3) is 6.42. The molecule has 3 rings (SSSR count). The number of nitrogens with zero attached hydrogens (tertiary/aromatic N) is 1. The molecule has 8 heteroatoms. The Kier molecular flexibility index (Phi) is 8.03. The van der Waals surface area contributed by atoms with Gasteiger partial charge in [0, 0.05) is 15.1 Å². The van der Waals surface area contributed by atoms with Gasteiger partial charge in [0.25, 0.3) is 5.91 Å². The first kappa shape index (κ1) is 23.5. The molecule has 0 saturated heterocycles. The topological polar surface area (TPSA) is 77.0 Å². The fourth-order valence-electron chi connectivity index (χ4n) is 2.70. The van der Waals surface area contributed by atoms with Gasteiger partial charge in [-0.1, -0.05) is 45.7 Å². The first-order valence-electron chi connectivity index (χ1n) is 9.66. The number of hydrogen-bond donors (Lipinski definition) is 1. The maximum atomic E-state index is 12.6. The zero-order valence-electron chi connectivity index (χ0n) is 17.3. The Morgan fingerprint density at radius 1 is 1.09 bits per heavy atom. The Hall–Kier alpha value is -3.16. The number of hydrogen-bond acceptors (Lipinski definition) is 5. The van der Waals surface area contributed by atoms with E-state index in [1.54, 1.807) is 61.5 Å².